The van der Waals surface area contributed by atoms with Crippen LogP contribution >= 0.6 is 0 Å². The number of nitrogens with zero attached hydrogens (tertiary/aromatic N) is 1. The summed E-state index contributed by atoms with van der Waals surface area (Å²) in [6.45, 7) is 2.70. The fourth-order valence-corrected chi connectivity index (χ4v) is 5.71. The van der Waals surface area contributed by atoms with Gasteiger partial charge in [0.05, 0.1) is 0 Å². The predicted molar refractivity (Wildman–Crippen MR) is 91.5 cm³/mol. The van der Waals surface area contributed by atoms with Crippen molar-refractivity contribution >= 4 is 19.4 Å². The molecule has 0 amide bonds. The molecule has 2 heterocycles. The molecule has 4 heteroatoms. The maximum atomic E-state index is 10.9. The molecule has 2 atom stereocenters. The summed E-state index contributed by atoms with van der Waals surface area (Å²) in [5.74, 6) is 0.419. The van der Waals surface area contributed by atoms with Crippen LogP contribution < -0.4 is 4.46 Å². The van der Waals surface area contributed by atoms with Crippen molar-refractivity contribution in [3.8, 4) is 0 Å². The molecule has 0 radical (unpaired) electrons. The first-order valence-electron chi connectivity index (χ1n) is 7.81. The molecule has 0 spiro atoms. The third kappa shape index (κ3) is 2.57. The molecule has 4 rings (SSSR count). The number of hydrogen-bond acceptors (Lipinski definition) is 3. The quantitative estimate of drug-likeness (QED) is 0.841. The summed E-state index contributed by atoms with van der Waals surface area (Å²) in [6.07, 6.45) is 0.775. The number of aliphatic hydroxyl groups excluding tert-OH is 1. The Morgan fingerprint density at radius 3 is 2.43 bits per heavy atom. The van der Waals surface area contributed by atoms with Gasteiger partial charge in [-0.2, -0.15) is 0 Å². The third-order valence-corrected chi connectivity index (χ3v) is 6.78. The minimum atomic E-state index is -0.420. The fraction of sp³-hybridized carbons (Fsp3) is 0.263. The van der Waals surface area contributed by atoms with E-state index in [1.807, 2.05) is 24.3 Å². The van der Waals surface area contributed by atoms with Crippen LogP contribution in [0.2, 0.25) is 0 Å². The number of ether oxygens (including phenoxy) is 1. The first-order valence-corrected chi connectivity index (χ1v) is 9.52. The van der Waals surface area contributed by atoms with Gasteiger partial charge in [0.25, 0.3) is 0 Å². The molecule has 2 aromatic rings. The van der Waals surface area contributed by atoms with Gasteiger partial charge in [-0.1, -0.05) is 0 Å². The van der Waals surface area contributed by atoms with Crippen molar-refractivity contribution < 1.29 is 9.84 Å². The van der Waals surface area contributed by atoms with Crippen LogP contribution in [0, 0.1) is 0 Å². The zero-order valence-corrected chi connectivity index (χ0v) is 14.7. The molecule has 118 valence electrons. The Bertz CT molecular complexity index is 732. The van der Waals surface area contributed by atoms with E-state index in [9.17, 15) is 5.11 Å². The van der Waals surface area contributed by atoms with E-state index in [4.69, 9.17) is 4.74 Å². The van der Waals surface area contributed by atoms with Crippen LogP contribution in [0.4, 0.5) is 0 Å². The van der Waals surface area contributed by atoms with Gasteiger partial charge < -0.3 is 0 Å². The molecule has 0 aromatic heterocycles. The standard InChI is InChI=1S/C19H19NO2Se/c1-19-12-17(23-15-10-6-3-7-11-15)18(21)20(19)16(13-22-19)14-8-4-2-5-9-14/h2-11,16,21H,12-13H2,1H3/t16-,19-/m1/s1. The van der Waals surface area contributed by atoms with Crippen molar-refractivity contribution in [3.63, 3.8) is 0 Å². The molecule has 3 nitrogen and oxygen atoms in total. The Labute approximate surface area is 142 Å². The van der Waals surface area contributed by atoms with Crippen LogP contribution in [0.1, 0.15) is 24.9 Å². The average Bonchev–Trinajstić information content (AvgIpc) is 3.03. The second-order valence-electron chi connectivity index (χ2n) is 6.12. The molecule has 0 bridgehead atoms. The summed E-state index contributed by atoms with van der Waals surface area (Å²) in [5.41, 5.74) is 0.771. The van der Waals surface area contributed by atoms with Crippen molar-refractivity contribution in [2.75, 3.05) is 6.61 Å². The van der Waals surface area contributed by atoms with Crippen molar-refractivity contribution in [3.05, 3.63) is 76.6 Å². The molecule has 23 heavy (non-hydrogen) atoms. The molecule has 0 aliphatic carbocycles. The Hall–Kier alpha value is -1.74. The van der Waals surface area contributed by atoms with Gasteiger partial charge >= 0.3 is 142 Å². The van der Waals surface area contributed by atoms with Crippen molar-refractivity contribution in [2.45, 2.75) is 25.1 Å². The summed E-state index contributed by atoms with van der Waals surface area (Å²) < 4.78 is 8.50. The molecule has 0 unspecified atom stereocenters. The van der Waals surface area contributed by atoms with Crippen LogP contribution in [0.3, 0.4) is 0 Å². The first kappa shape index (κ1) is 14.8. The number of hydrogen-bond donors (Lipinski definition) is 1. The second kappa shape index (κ2) is 5.72. The maximum absolute atomic E-state index is 10.9. The molecule has 1 fully saturated rings. The zero-order chi connectivity index (χ0) is 15.9. The van der Waals surface area contributed by atoms with Gasteiger partial charge in [0.1, 0.15) is 0 Å². The summed E-state index contributed by atoms with van der Waals surface area (Å²) in [4.78, 5) is 2.07. The van der Waals surface area contributed by atoms with Crippen LogP contribution in [-0.2, 0) is 4.74 Å². The number of rotatable bonds is 3. The van der Waals surface area contributed by atoms with E-state index in [0.29, 0.717) is 12.5 Å². The van der Waals surface area contributed by atoms with E-state index < -0.39 is 5.72 Å². The second-order valence-corrected chi connectivity index (χ2v) is 8.57. The van der Waals surface area contributed by atoms with Crippen LogP contribution in [0.25, 0.3) is 0 Å². The Morgan fingerprint density at radius 1 is 1.09 bits per heavy atom. The molecule has 2 aliphatic rings. The van der Waals surface area contributed by atoms with Crippen LogP contribution in [-0.4, -0.2) is 37.3 Å². The van der Waals surface area contributed by atoms with Gasteiger partial charge in [0, 0.05) is 0 Å². The Balaban J connectivity index is 1.65. The van der Waals surface area contributed by atoms with E-state index in [0.717, 1.165) is 10.9 Å². The molecule has 2 aliphatic heterocycles. The van der Waals surface area contributed by atoms with E-state index >= 15 is 0 Å². The van der Waals surface area contributed by atoms with Gasteiger partial charge in [0.2, 0.25) is 0 Å². The van der Waals surface area contributed by atoms with Gasteiger partial charge in [-0.3, -0.25) is 0 Å². The summed E-state index contributed by atoms with van der Waals surface area (Å²) in [5, 5.41) is 10.9. The van der Waals surface area contributed by atoms with Crippen molar-refractivity contribution in [1.82, 2.24) is 4.90 Å². The van der Waals surface area contributed by atoms with Crippen molar-refractivity contribution in [2.24, 2.45) is 0 Å². The SMILES string of the molecule is C[C@@]12CC([Se]c3ccccc3)=C(O)N1[C@@H](c1ccccc1)CO2. The zero-order valence-electron chi connectivity index (χ0n) is 13.0. The summed E-state index contributed by atoms with van der Waals surface area (Å²) >= 11 is 0.128. The van der Waals surface area contributed by atoms with E-state index in [-0.39, 0.29) is 21.0 Å². The molecular formula is C19H19NO2Se. The predicted octanol–water partition coefficient (Wildman–Crippen LogP) is 2.94. The average molecular weight is 372 g/mol. The van der Waals surface area contributed by atoms with E-state index in [2.05, 4.69) is 48.2 Å². The van der Waals surface area contributed by atoms with Crippen molar-refractivity contribution in [1.29, 1.82) is 0 Å². The fourth-order valence-electron chi connectivity index (χ4n) is 3.38. The minimum absolute atomic E-state index is 0.0882. The van der Waals surface area contributed by atoms with E-state index in [1.54, 1.807) is 0 Å². The number of benzene rings is 2. The molecular weight excluding hydrogens is 353 g/mol. The summed E-state index contributed by atoms with van der Waals surface area (Å²) in [6, 6.07) is 20.8. The van der Waals surface area contributed by atoms with Gasteiger partial charge in [-0.05, 0) is 0 Å². The molecule has 2 aromatic carbocycles. The van der Waals surface area contributed by atoms with Gasteiger partial charge in [-0.15, -0.1) is 0 Å². The topological polar surface area (TPSA) is 32.7 Å². The number of aliphatic hydroxyl groups is 1. The molecule has 1 N–H and O–H groups in total. The Kier molecular flexibility index (Phi) is 3.68. The van der Waals surface area contributed by atoms with Crippen LogP contribution in [0.5, 0.6) is 0 Å². The first-order chi connectivity index (χ1) is 11.2. The van der Waals surface area contributed by atoms with E-state index in [1.165, 1.54) is 10.0 Å². The monoisotopic (exact) mass is 373 g/mol. The van der Waals surface area contributed by atoms with Crippen LogP contribution in [0.15, 0.2) is 71.0 Å². The normalized spacial score (nSPS) is 26.7. The summed E-state index contributed by atoms with van der Waals surface area (Å²) in [7, 11) is 0. The molecule has 1 saturated heterocycles. The Morgan fingerprint density at radius 2 is 1.74 bits per heavy atom. The third-order valence-electron chi connectivity index (χ3n) is 4.51. The van der Waals surface area contributed by atoms with Gasteiger partial charge in [0.15, 0.2) is 0 Å². The number of fused-ring (bicyclic) bond motifs is 1. The molecule has 0 saturated carbocycles. The van der Waals surface area contributed by atoms with Gasteiger partial charge in [-0.25, -0.2) is 0 Å².